The third-order valence-electron chi connectivity index (χ3n) is 2.35. The highest BCUT2D eigenvalue weighted by molar-refractivity contribution is 6.00. The number of hydrogen-bond donors (Lipinski definition) is 4. The van der Waals surface area contributed by atoms with Crippen molar-refractivity contribution in [3.05, 3.63) is 48.2 Å². The molecular weight excluding hydrogens is 260 g/mol. The van der Waals surface area contributed by atoms with E-state index in [0.717, 1.165) is 0 Å². The first-order valence-corrected chi connectivity index (χ1v) is 5.68. The molecule has 0 aliphatic rings. The number of carbonyl (C=O) groups is 2. The van der Waals surface area contributed by atoms with Gasteiger partial charge in [-0.1, -0.05) is 18.2 Å². The number of hydrogen-bond acceptors (Lipinski definition) is 4. The lowest BCUT2D eigenvalue weighted by molar-refractivity contribution is 0.0690. The summed E-state index contributed by atoms with van der Waals surface area (Å²) in [6, 6.07) is 10.9. The number of anilines is 3. The molecule has 2 aromatic rings. The van der Waals surface area contributed by atoms with Crippen molar-refractivity contribution in [3.63, 3.8) is 0 Å². The zero-order chi connectivity index (χ0) is 14.5. The number of aromatic carboxylic acids is 1. The number of benzene rings is 1. The molecule has 102 valence electrons. The van der Waals surface area contributed by atoms with Gasteiger partial charge in [-0.25, -0.2) is 14.6 Å². The number of nitrogens with two attached hydrogens (primary N) is 1. The maximum absolute atomic E-state index is 11.7. The second-order valence-corrected chi connectivity index (χ2v) is 3.92. The molecule has 2 amide bonds. The van der Waals surface area contributed by atoms with Crippen LogP contribution in [0.4, 0.5) is 22.0 Å². The molecule has 5 N–H and O–H groups in total. The summed E-state index contributed by atoms with van der Waals surface area (Å²) in [6.07, 6.45) is 0. The van der Waals surface area contributed by atoms with E-state index in [2.05, 4.69) is 15.6 Å². The minimum atomic E-state index is -1.22. The average Bonchev–Trinajstić information content (AvgIpc) is 2.38. The van der Waals surface area contributed by atoms with Gasteiger partial charge in [0.15, 0.2) is 5.69 Å². The van der Waals surface area contributed by atoms with Crippen LogP contribution in [-0.2, 0) is 0 Å². The molecule has 1 aromatic carbocycles. The fraction of sp³-hybridized carbons (Fsp3) is 0. The Morgan fingerprint density at radius 2 is 1.70 bits per heavy atom. The van der Waals surface area contributed by atoms with Crippen molar-refractivity contribution in [2.24, 2.45) is 0 Å². The molecular formula is C13H12N4O3. The standard InChI is InChI=1S/C13H12N4O3/c14-11-7-9(6-10(17-11)12(18)19)16-13(20)15-8-4-2-1-3-5-8/h1-7H,(H,18,19)(H4,14,15,16,17,20). The van der Waals surface area contributed by atoms with E-state index < -0.39 is 12.0 Å². The summed E-state index contributed by atoms with van der Waals surface area (Å²) in [7, 11) is 0. The van der Waals surface area contributed by atoms with Gasteiger partial charge in [-0.15, -0.1) is 0 Å². The fourth-order valence-electron chi connectivity index (χ4n) is 1.55. The van der Waals surface area contributed by atoms with Gasteiger partial charge in [-0.05, 0) is 18.2 Å². The van der Waals surface area contributed by atoms with E-state index in [9.17, 15) is 9.59 Å². The van der Waals surface area contributed by atoms with Crippen LogP contribution in [0.3, 0.4) is 0 Å². The summed E-state index contributed by atoms with van der Waals surface area (Å²) >= 11 is 0. The van der Waals surface area contributed by atoms with Crippen molar-refractivity contribution in [1.82, 2.24) is 4.98 Å². The lowest BCUT2D eigenvalue weighted by Gasteiger charge is -2.08. The molecule has 0 saturated heterocycles. The number of nitrogen functional groups attached to an aromatic ring is 1. The predicted octanol–water partition coefficient (Wildman–Crippen LogP) is 2.01. The highest BCUT2D eigenvalue weighted by Gasteiger charge is 2.09. The van der Waals surface area contributed by atoms with Crippen molar-refractivity contribution in [2.75, 3.05) is 16.4 Å². The van der Waals surface area contributed by atoms with Crippen molar-refractivity contribution >= 4 is 29.2 Å². The van der Waals surface area contributed by atoms with E-state index in [1.165, 1.54) is 12.1 Å². The molecule has 0 unspecified atom stereocenters. The van der Waals surface area contributed by atoms with Crippen LogP contribution in [0.15, 0.2) is 42.5 Å². The number of amides is 2. The fourth-order valence-corrected chi connectivity index (χ4v) is 1.55. The summed E-state index contributed by atoms with van der Waals surface area (Å²) in [6.45, 7) is 0. The zero-order valence-corrected chi connectivity index (χ0v) is 10.3. The second-order valence-electron chi connectivity index (χ2n) is 3.92. The zero-order valence-electron chi connectivity index (χ0n) is 10.3. The molecule has 0 saturated carbocycles. The predicted molar refractivity (Wildman–Crippen MR) is 74.7 cm³/mol. The van der Waals surface area contributed by atoms with Crippen LogP contribution >= 0.6 is 0 Å². The van der Waals surface area contributed by atoms with Gasteiger partial charge in [0.2, 0.25) is 0 Å². The quantitative estimate of drug-likeness (QED) is 0.681. The van der Waals surface area contributed by atoms with Crippen LogP contribution in [0.2, 0.25) is 0 Å². The molecule has 0 aliphatic carbocycles. The smallest absolute Gasteiger partial charge is 0.354 e. The number of urea groups is 1. The number of pyridine rings is 1. The Morgan fingerprint density at radius 3 is 2.35 bits per heavy atom. The maximum atomic E-state index is 11.7. The molecule has 0 spiro atoms. The molecule has 0 aliphatic heterocycles. The molecule has 1 heterocycles. The minimum absolute atomic E-state index is 0.0138. The van der Waals surface area contributed by atoms with Gasteiger partial charge < -0.3 is 21.5 Å². The Hall–Kier alpha value is -3.09. The van der Waals surface area contributed by atoms with E-state index in [1.807, 2.05) is 6.07 Å². The summed E-state index contributed by atoms with van der Waals surface area (Å²) < 4.78 is 0. The number of carboxylic acids is 1. The van der Waals surface area contributed by atoms with Gasteiger partial charge in [0, 0.05) is 17.4 Å². The Balaban J connectivity index is 2.10. The third-order valence-corrected chi connectivity index (χ3v) is 2.35. The first-order chi connectivity index (χ1) is 9.54. The van der Waals surface area contributed by atoms with E-state index in [-0.39, 0.29) is 17.2 Å². The Kier molecular flexibility index (Phi) is 3.80. The normalized spacial score (nSPS) is 9.80. The largest absolute Gasteiger partial charge is 0.477 e. The molecule has 0 fully saturated rings. The molecule has 7 nitrogen and oxygen atoms in total. The lowest BCUT2D eigenvalue weighted by Crippen LogP contribution is -2.20. The number of nitrogens with zero attached hydrogens (tertiary/aromatic N) is 1. The van der Waals surface area contributed by atoms with Gasteiger partial charge in [0.05, 0.1) is 0 Å². The monoisotopic (exact) mass is 272 g/mol. The van der Waals surface area contributed by atoms with E-state index >= 15 is 0 Å². The van der Waals surface area contributed by atoms with Crippen LogP contribution in [-0.4, -0.2) is 22.1 Å². The molecule has 2 rings (SSSR count). The topological polar surface area (TPSA) is 117 Å². The van der Waals surface area contributed by atoms with Crippen molar-refractivity contribution in [2.45, 2.75) is 0 Å². The van der Waals surface area contributed by atoms with E-state index in [1.54, 1.807) is 24.3 Å². The van der Waals surface area contributed by atoms with Gasteiger partial charge in [0.25, 0.3) is 0 Å². The maximum Gasteiger partial charge on any atom is 0.354 e. The molecule has 7 heteroatoms. The van der Waals surface area contributed by atoms with Crippen LogP contribution < -0.4 is 16.4 Å². The first kappa shape index (κ1) is 13.3. The third kappa shape index (κ3) is 3.45. The SMILES string of the molecule is Nc1cc(NC(=O)Nc2ccccc2)cc(C(=O)O)n1. The molecule has 1 aromatic heterocycles. The average molecular weight is 272 g/mol. The highest BCUT2D eigenvalue weighted by atomic mass is 16.4. The van der Waals surface area contributed by atoms with Gasteiger partial charge >= 0.3 is 12.0 Å². The van der Waals surface area contributed by atoms with Crippen LogP contribution in [0.5, 0.6) is 0 Å². The number of rotatable bonds is 3. The number of para-hydroxylation sites is 1. The van der Waals surface area contributed by atoms with Gasteiger partial charge in [-0.3, -0.25) is 0 Å². The van der Waals surface area contributed by atoms with Crippen LogP contribution in [0.1, 0.15) is 10.5 Å². The summed E-state index contributed by atoms with van der Waals surface area (Å²) in [5, 5.41) is 13.9. The highest BCUT2D eigenvalue weighted by Crippen LogP contribution is 2.14. The lowest BCUT2D eigenvalue weighted by atomic mass is 10.3. The van der Waals surface area contributed by atoms with Crippen molar-refractivity contribution in [1.29, 1.82) is 0 Å². The Labute approximate surface area is 114 Å². The number of aromatic nitrogens is 1. The van der Waals surface area contributed by atoms with E-state index in [0.29, 0.717) is 5.69 Å². The molecule has 0 radical (unpaired) electrons. The van der Waals surface area contributed by atoms with Crippen LogP contribution in [0, 0.1) is 0 Å². The molecule has 0 atom stereocenters. The van der Waals surface area contributed by atoms with Gasteiger partial charge in [0.1, 0.15) is 5.82 Å². The summed E-state index contributed by atoms with van der Waals surface area (Å²) in [5.41, 5.74) is 6.11. The Bertz CT molecular complexity index is 643. The number of carboxylic acid groups (broad SMARTS) is 1. The first-order valence-electron chi connectivity index (χ1n) is 5.68. The summed E-state index contributed by atoms with van der Waals surface area (Å²) in [4.78, 5) is 26.2. The minimum Gasteiger partial charge on any atom is -0.477 e. The number of nitrogens with one attached hydrogen (secondary N) is 2. The van der Waals surface area contributed by atoms with Crippen molar-refractivity contribution < 1.29 is 14.7 Å². The second kappa shape index (κ2) is 5.70. The molecule has 0 bridgehead atoms. The molecule has 20 heavy (non-hydrogen) atoms. The summed E-state index contributed by atoms with van der Waals surface area (Å²) in [5.74, 6) is -1.20. The Morgan fingerprint density at radius 1 is 1.05 bits per heavy atom. The van der Waals surface area contributed by atoms with E-state index in [4.69, 9.17) is 10.8 Å². The van der Waals surface area contributed by atoms with Crippen molar-refractivity contribution in [3.8, 4) is 0 Å². The van der Waals surface area contributed by atoms with Gasteiger partial charge in [-0.2, -0.15) is 0 Å². The number of carbonyl (C=O) groups excluding carboxylic acids is 1. The van der Waals surface area contributed by atoms with Crippen LogP contribution in [0.25, 0.3) is 0 Å².